The van der Waals surface area contributed by atoms with Gasteiger partial charge in [0.25, 0.3) is 5.91 Å². The van der Waals surface area contributed by atoms with Gasteiger partial charge in [-0.05, 0) is 60.5 Å². The minimum Gasteiger partial charge on any atom is -0.489 e. The Morgan fingerprint density at radius 3 is 2.32 bits per heavy atom. The number of hydrogen-bond donors (Lipinski definition) is 1. The topological polar surface area (TPSA) is 117 Å². The average molecular weight is 515 g/mol. The van der Waals surface area contributed by atoms with Crippen molar-refractivity contribution in [1.29, 1.82) is 0 Å². The lowest BCUT2D eigenvalue weighted by atomic mass is 10.1. The molecule has 4 rings (SSSR count). The minimum absolute atomic E-state index is 0.0319. The van der Waals surface area contributed by atoms with E-state index in [1.54, 1.807) is 0 Å². The molecule has 38 heavy (non-hydrogen) atoms. The number of benzene rings is 4. The number of nitrogens with zero attached hydrogens (tertiary/aromatic N) is 1. The summed E-state index contributed by atoms with van der Waals surface area (Å²) in [5.41, 5.74) is 1.31. The number of methoxy groups -OCH3 is 1. The van der Waals surface area contributed by atoms with Gasteiger partial charge >= 0.3 is 11.7 Å². The van der Waals surface area contributed by atoms with Gasteiger partial charge in [0.15, 0.2) is 5.75 Å². The maximum atomic E-state index is 13.1. The maximum absolute atomic E-state index is 13.1. The number of ether oxygens (including phenoxy) is 3. The Bertz CT molecular complexity index is 1510. The van der Waals surface area contributed by atoms with Crippen LogP contribution in [0.5, 0.6) is 11.5 Å². The fourth-order valence-corrected chi connectivity index (χ4v) is 3.83. The number of carbonyl (C=O) groups excluding carboxylic acids is 2. The Morgan fingerprint density at radius 2 is 1.61 bits per heavy atom. The van der Waals surface area contributed by atoms with Crippen molar-refractivity contribution in [2.24, 2.45) is 0 Å². The molecule has 4 aromatic carbocycles. The zero-order valence-electron chi connectivity index (χ0n) is 21.1. The predicted octanol–water partition coefficient (Wildman–Crippen LogP) is 6.15. The van der Waals surface area contributed by atoms with Gasteiger partial charge in [-0.25, -0.2) is 4.79 Å². The van der Waals surface area contributed by atoms with Crippen molar-refractivity contribution >= 4 is 34.0 Å². The van der Waals surface area contributed by atoms with Crippen molar-refractivity contribution < 1.29 is 28.7 Å². The van der Waals surface area contributed by atoms with E-state index in [1.807, 2.05) is 56.3 Å². The number of hydrogen-bond acceptors (Lipinski definition) is 7. The number of carbonyl (C=O) groups is 2. The first-order chi connectivity index (χ1) is 18.2. The summed E-state index contributed by atoms with van der Waals surface area (Å²) in [6.07, 6.45) is -0.229. The third kappa shape index (κ3) is 6.07. The summed E-state index contributed by atoms with van der Waals surface area (Å²) in [5.74, 6) is -0.823. The van der Waals surface area contributed by atoms with E-state index in [0.29, 0.717) is 5.69 Å². The SMILES string of the molecule is COC(=O)c1ccc(NC(=O)c2ccc([N+](=O)[O-])c(OCc3ccc4ccccc4c3)c2)c(OC(C)C)c1. The van der Waals surface area contributed by atoms with E-state index in [1.165, 1.54) is 43.5 Å². The van der Waals surface area contributed by atoms with Crippen molar-refractivity contribution in [1.82, 2.24) is 0 Å². The fourth-order valence-electron chi connectivity index (χ4n) is 3.83. The molecular formula is C29H26N2O7. The van der Waals surface area contributed by atoms with Gasteiger partial charge in [-0.3, -0.25) is 14.9 Å². The molecule has 0 atom stereocenters. The highest BCUT2D eigenvalue weighted by Crippen LogP contribution is 2.31. The molecule has 0 heterocycles. The number of nitro benzene ring substituents is 1. The lowest BCUT2D eigenvalue weighted by Gasteiger charge is -2.16. The number of fused-ring (bicyclic) bond motifs is 1. The van der Waals surface area contributed by atoms with Crippen molar-refractivity contribution in [3.63, 3.8) is 0 Å². The lowest BCUT2D eigenvalue weighted by Crippen LogP contribution is -2.15. The second-order valence-electron chi connectivity index (χ2n) is 8.73. The number of rotatable bonds is 9. The Hall–Kier alpha value is -4.92. The smallest absolute Gasteiger partial charge is 0.337 e. The van der Waals surface area contributed by atoms with Gasteiger partial charge in [-0.2, -0.15) is 0 Å². The van der Waals surface area contributed by atoms with Gasteiger partial charge < -0.3 is 19.5 Å². The van der Waals surface area contributed by atoms with Gasteiger partial charge in [0, 0.05) is 17.7 Å². The van der Waals surface area contributed by atoms with Gasteiger partial charge in [-0.1, -0.05) is 36.4 Å². The molecule has 0 aliphatic heterocycles. The van der Waals surface area contributed by atoms with Crippen LogP contribution in [0.15, 0.2) is 78.9 Å². The van der Waals surface area contributed by atoms with Crippen LogP contribution >= 0.6 is 0 Å². The van der Waals surface area contributed by atoms with Crippen LogP contribution in [-0.2, 0) is 11.3 Å². The van der Waals surface area contributed by atoms with Gasteiger partial charge in [0.1, 0.15) is 12.4 Å². The number of esters is 1. The van der Waals surface area contributed by atoms with Gasteiger partial charge in [0.2, 0.25) is 0 Å². The number of nitrogens with one attached hydrogen (secondary N) is 1. The zero-order valence-corrected chi connectivity index (χ0v) is 21.1. The van der Waals surface area contributed by atoms with E-state index in [2.05, 4.69) is 5.32 Å². The predicted molar refractivity (Wildman–Crippen MR) is 143 cm³/mol. The van der Waals surface area contributed by atoms with Crippen LogP contribution in [0.2, 0.25) is 0 Å². The van der Waals surface area contributed by atoms with E-state index >= 15 is 0 Å². The Balaban J connectivity index is 1.57. The van der Waals surface area contributed by atoms with E-state index in [0.717, 1.165) is 16.3 Å². The largest absolute Gasteiger partial charge is 0.489 e. The van der Waals surface area contributed by atoms with Crippen LogP contribution in [0, 0.1) is 10.1 Å². The van der Waals surface area contributed by atoms with Crippen molar-refractivity contribution in [3.05, 3.63) is 106 Å². The molecule has 0 aliphatic rings. The maximum Gasteiger partial charge on any atom is 0.337 e. The molecule has 9 nitrogen and oxygen atoms in total. The van der Waals surface area contributed by atoms with Crippen LogP contribution < -0.4 is 14.8 Å². The first-order valence-corrected chi connectivity index (χ1v) is 11.8. The molecule has 0 unspecified atom stereocenters. The Kier molecular flexibility index (Phi) is 7.86. The van der Waals surface area contributed by atoms with E-state index < -0.39 is 16.8 Å². The molecule has 1 amide bonds. The summed E-state index contributed by atoms with van der Waals surface area (Å²) in [4.78, 5) is 36.1. The average Bonchev–Trinajstić information content (AvgIpc) is 2.91. The van der Waals surface area contributed by atoms with Crippen LogP contribution in [0.3, 0.4) is 0 Å². The van der Waals surface area contributed by atoms with Crippen molar-refractivity contribution in [2.45, 2.75) is 26.6 Å². The highest BCUT2D eigenvalue weighted by atomic mass is 16.6. The molecule has 0 saturated carbocycles. The van der Waals surface area contributed by atoms with Crippen LogP contribution in [0.4, 0.5) is 11.4 Å². The summed E-state index contributed by atoms with van der Waals surface area (Å²) in [5, 5.41) is 16.4. The standard InChI is InChI=1S/C29H26N2O7/c1-18(2)38-26-16-23(29(33)36-3)10-12-24(26)30-28(32)22-11-13-25(31(34)35)27(15-22)37-17-19-8-9-20-6-4-5-7-21(20)14-19/h4-16,18H,17H2,1-3H3,(H,30,32). The summed E-state index contributed by atoms with van der Waals surface area (Å²) in [6, 6.07) is 22.1. The van der Waals surface area contributed by atoms with E-state index in [-0.39, 0.29) is 41.0 Å². The van der Waals surface area contributed by atoms with Gasteiger partial charge in [-0.15, -0.1) is 0 Å². The second kappa shape index (κ2) is 11.4. The van der Waals surface area contributed by atoms with Crippen LogP contribution in [0.1, 0.15) is 40.1 Å². The summed E-state index contributed by atoms with van der Waals surface area (Å²) < 4.78 is 16.3. The fraction of sp³-hybridized carbons (Fsp3) is 0.172. The summed E-state index contributed by atoms with van der Waals surface area (Å²) >= 11 is 0. The highest BCUT2D eigenvalue weighted by molar-refractivity contribution is 6.06. The molecule has 0 aromatic heterocycles. The number of anilines is 1. The molecule has 0 saturated heterocycles. The summed E-state index contributed by atoms with van der Waals surface area (Å²) in [7, 11) is 1.27. The minimum atomic E-state index is -0.558. The molecule has 1 N–H and O–H groups in total. The molecule has 0 radical (unpaired) electrons. The van der Waals surface area contributed by atoms with Crippen molar-refractivity contribution in [3.8, 4) is 11.5 Å². The molecule has 194 valence electrons. The zero-order chi connectivity index (χ0) is 27.2. The van der Waals surface area contributed by atoms with Crippen LogP contribution in [0.25, 0.3) is 10.8 Å². The molecule has 0 spiro atoms. The monoisotopic (exact) mass is 514 g/mol. The third-order valence-corrected chi connectivity index (χ3v) is 5.64. The molecule has 0 fully saturated rings. The van der Waals surface area contributed by atoms with Crippen LogP contribution in [-0.4, -0.2) is 30.0 Å². The summed E-state index contributed by atoms with van der Waals surface area (Å²) in [6.45, 7) is 3.70. The van der Waals surface area contributed by atoms with E-state index in [9.17, 15) is 19.7 Å². The molecule has 4 aromatic rings. The molecule has 0 bridgehead atoms. The Labute approximate surface area is 219 Å². The Morgan fingerprint density at radius 1 is 0.895 bits per heavy atom. The van der Waals surface area contributed by atoms with Gasteiger partial charge in [0.05, 0.1) is 29.4 Å². The highest BCUT2D eigenvalue weighted by Gasteiger charge is 2.20. The molecule has 9 heteroatoms. The quantitative estimate of drug-likeness (QED) is 0.162. The first-order valence-electron chi connectivity index (χ1n) is 11.8. The number of nitro groups is 1. The normalized spacial score (nSPS) is 10.7. The third-order valence-electron chi connectivity index (χ3n) is 5.64. The first kappa shape index (κ1) is 26.2. The molecular weight excluding hydrogens is 488 g/mol. The number of amides is 1. The second-order valence-corrected chi connectivity index (χ2v) is 8.73. The van der Waals surface area contributed by atoms with E-state index in [4.69, 9.17) is 14.2 Å². The molecule has 0 aliphatic carbocycles. The lowest BCUT2D eigenvalue weighted by molar-refractivity contribution is -0.385. The van der Waals surface area contributed by atoms with Crippen molar-refractivity contribution in [2.75, 3.05) is 12.4 Å².